The van der Waals surface area contributed by atoms with Gasteiger partial charge in [-0.1, -0.05) is 0 Å². The lowest BCUT2D eigenvalue weighted by molar-refractivity contribution is -0.127. The molecule has 1 aromatic rings. The van der Waals surface area contributed by atoms with E-state index in [1.165, 1.54) is 25.8 Å². The van der Waals surface area contributed by atoms with E-state index in [1.54, 1.807) is 25.1 Å². The van der Waals surface area contributed by atoms with E-state index in [9.17, 15) is 14.4 Å². The minimum absolute atomic E-state index is 0.211. The number of carbonyl (C=O) groups is 3. The van der Waals surface area contributed by atoms with Gasteiger partial charge in [0.25, 0.3) is 5.91 Å². The Hall–Kier alpha value is -2.22. The van der Waals surface area contributed by atoms with Gasteiger partial charge in [-0.15, -0.1) is 11.8 Å². The summed E-state index contributed by atoms with van der Waals surface area (Å²) in [5.74, 6) is -1.05. The number of esters is 1. The van der Waals surface area contributed by atoms with Crippen molar-refractivity contribution in [2.45, 2.75) is 24.8 Å². The predicted molar refractivity (Wildman–Crippen MR) is 86.9 cm³/mol. The molecule has 0 fully saturated rings. The number of carbonyl (C=O) groups excluding carboxylic acids is 3. The highest BCUT2D eigenvalue weighted by molar-refractivity contribution is 7.98. The highest BCUT2D eigenvalue weighted by Crippen LogP contribution is 2.26. The molecule has 1 atom stereocenters. The van der Waals surface area contributed by atoms with Gasteiger partial charge in [0.15, 0.2) is 6.10 Å². The molecule has 0 saturated heterocycles. The molecule has 23 heavy (non-hydrogen) atoms. The number of methoxy groups -OCH3 is 1. The van der Waals surface area contributed by atoms with Crippen molar-refractivity contribution in [1.29, 1.82) is 0 Å². The summed E-state index contributed by atoms with van der Waals surface area (Å²) in [4.78, 5) is 36.1. The Balaban J connectivity index is 2.75. The van der Waals surface area contributed by atoms with E-state index < -0.39 is 24.0 Å². The molecule has 1 rings (SSSR count). The zero-order valence-electron chi connectivity index (χ0n) is 13.5. The summed E-state index contributed by atoms with van der Waals surface area (Å²) in [7, 11) is 1.45. The van der Waals surface area contributed by atoms with Crippen molar-refractivity contribution in [3.8, 4) is 5.75 Å². The van der Waals surface area contributed by atoms with Crippen LogP contribution >= 0.6 is 11.8 Å². The maximum absolute atomic E-state index is 12.2. The van der Waals surface area contributed by atoms with Crippen molar-refractivity contribution in [2.24, 2.45) is 0 Å². The van der Waals surface area contributed by atoms with Gasteiger partial charge in [0, 0.05) is 11.4 Å². The lowest BCUT2D eigenvalue weighted by Crippen LogP contribution is -2.44. The molecule has 0 heterocycles. The molecule has 1 aromatic carbocycles. The highest BCUT2D eigenvalue weighted by Gasteiger charge is 2.22. The molecule has 0 saturated carbocycles. The summed E-state index contributed by atoms with van der Waals surface area (Å²) >= 11 is 1.51. The minimum atomic E-state index is -1.12. The van der Waals surface area contributed by atoms with E-state index >= 15 is 0 Å². The van der Waals surface area contributed by atoms with Crippen LogP contribution in [-0.2, 0) is 9.53 Å². The summed E-state index contributed by atoms with van der Waals surface area (Å²) in [6, 6.07) is 4.40. The first kappa shape index (κ1) is 18.8. The molecule has 126 valence electrons. The van der Waals surface area contributed by atoms with Crippen LogP contribution in [0.15, 0.2) is 23.1 Å². The number of nitrogens with one attached hydrogen (secondary N) is 2. The normalized spacial score (nSPS) is 11.3. The number of urea groups is 1. The van der Waals surface area contributed by atoms with Crippen LogP contribution in [0.2, 0.25) is 0 Å². The fourth-order valence-electron chi connectivity index (χ4n) is 1.66. The minimum Gasteiger partial charge on any atom is -0.496 e. The largest absolute Gasteiger partial charge is 0.496 e. The van der Waals surface area contributed by atoms with Gasteiger partial charge in [0.2, 0.25) is 0 Å². The van der Waals surface area contributed by atoms with Gasteiger partial charge in [-0.3, -0.25) is 10.1 Å². The molecule has 0 bridgehead atoms. The standard InChI is InChI=1S/C15H20N2O5S/c1-5-16-15(20)17-13(18)9(2)22-14(19)11-7-6-10(23-4)8-12(11)21-3/h6-9H,5H2,1-4H3,(H2,16,17,18,20)/t9-/m1/s1. The number of imide groups is 1. The summed E-state index contributed by atoms with van der Waals surface area (Å²) in [5.41, 5.74) is 0.211. The van der Waals surface area contributed by atoms with Crippen LogP contribution in [0.25, 0.3) is 0 Å². The Morgan fingerprint density at radius 1 is 1.30 bits per heavy atom. The summed E-state index contributed by atoms with van der Waals surface area (Å²) in [6.07, 6.45) is 0.788. The molecular formula is C15H20N2O5S. The zero-order chi connectivity index (χ0) is 17.4. The van der Waals surface area contributed by atoms with Crippen molar-refractivity contribution in [2.75, 3.05) is 19.9 Å². The van der Waals surface area contributed by atoms with E-state index in [-0.39, 0.29) is 5.56 Å². The molecule has 0 aliphatic carbocycles. The molecule has 0 unspecified atom stereocenters. The summed E-state index contributed by atoms with van der Waals surface area (Å²) < 4.78 is 10.2. The molecule has 8 heteroatoms. The molecule has 2 N–H and O–H groups in total. The van der Waals surface area contributed by atoms with Crippen LogP contribution in [0.1, 0.15) is 24.2 Å². The van der Waals surface area contributed by atoms with Crippen molar-refractivity contribution in [1.82, 2.24) is 10.6 Å². The van der Waals surface area contributed by atoms with Gasteiger partial charge in [-0.05, 0) is 38.3 Å². The first-order chi connectivity index (χ1) is 10.9. The van der Waals surface area contributed by atoms with Crippen molar-refractivity contribution in [3.63, 3.8) is 0 Å². The summed E-state index contributed by atoms with van der Waals surface area (Å²) in [6.45, 7) is 3.49. The second-order valence-electron chi connectivity index (χ2n) is 4.46. The van der Waals surface area contributed by atoms with Crippen LogP contribution in [0.3, 0.4) is 0 Å². The Labute approximate surface area is 139 Å². The van der Waals surface area contributed by atoms with Crippen molar-refractivity contribution < 1.29 is 23.9 Å². The van der Waals surface area contributed by atoms with E-state index in [1.807, 2.05) is 6.26 Å². The van der Waals surface area contributed by atoms with Crippen LogP contribution in [0, 0.1) is 0 Å². The van der Waals surface area contributed by atoms with Gasteiger partial charge in [-0.2, -0.15) is 0 Å². The maximum Gasteiger partial charge on any atom is 0.342 e. The number of benzene rings is 1. The average molecular weight is 340 g/mol. The average Bonchev–Trinajstić information content (AvgIpc) is 2.53. The topological polar surface area (TPSA) is 93.7 Å². The number of thioether (sulfide) groups is 1. The Morgan fingerprint density at radius 2 is 2.00 bits per heavy atom. The summed E-state index contributed by atoms with van der Waals surface area (Å²) in [5, 5.41) is 4.50. The fraction of sp³-hybridized carbons (Fsp3) is 0.400. The third-order valence-corrected chi connectivity index (χ3v) is 3.58. The van der Waals surface area contributed by atoms with Gasteiger partial charge in [0.05, 0.1) is 7.11 Å². The predicted octanol–water partition coefficient (Wildman–Crippen LogP) is 1.81. The quantitative estimate of drug-likeness (QED) is 0.606. The third kappa shape index (κ3) is 5.48. The van der Waals surface area contributed by atoms with E-state index in [0.717, 1.165) is 4.90 Å². The van der Waals surface area contributed by atoms with Crippen molar-refractivity contribution in [3.05, 3.63) is 23.8 Å². The van der Waals surface area contributed by atoms with Gasteiger partial charge in [0.1, 0.15) is 11.3 Å². The third-order valence-electron chi connectivity index (χ3n) is 2.86. The second-order valence-corrected chi connectivity index (χ2v) is 5.34. The van der Waals surface area contributed by atoms with E-state index in [2.05, 4.69) is 10.6 Å². The SMILES string of the molecule is CCNC(=O)NC(=O)[C@@H](C)OC(=O)c1ccc(SC)cc1OC. The first-order valence-corrected chi connectivity index (χ1v) is 8.17. The first-order valence-electron chi connectivity index (χ1n) is 6.94. The Kier molecular flexibility index (Phi) is 7.40. The fourth-order valence-corrected chi connectivity index (χ4v) is 2.09. The molecule has 3 amide bonds. The number of hydrogen-bond acceptors (Lipinski definition) is 6. The number of hydrogen-bond donors (Lipinski definition) is 2. The van der Waals surface area contributed by atoms with Gasteiger partial charge in [-0.25, -0.2) is 9.59 Å². The van der Waals surface area contributed by atoms with Crippen molar-refractivity contribution >= 4 is 29.7 Å². The molecule has 0 aromatic heterocycles. The lowest BCUT2D eigenvalue weighted by atomic mass is 10.2. The van der Waals surface area contributed by atoms with E-state index in [0.29, 0.717) is 12.3 Å². The van der Waals surface area contributed by atoms with Crippen LogP contribution in [-0.4, -0.2) is 43.9 Å². The molecule has 0 radical (unpaired) electrons. The van der Waals surface area contributed by atoms with E-state index in [4.69, 9.17) is 9.47 Å². The second kappa shape index (κ2) is 9.04. The smallest absolute Gasteiger partial charge is 0.342 e. The number of rotatable bonds is 6. The van der Waals surface area contributed by atoms with Crippen LogP contribution < -0.4 is 15.4 Å². The molecule has 0 spiro atoms. The van der Waals surface area contributed by atoms with Crippen LogP contribution in [0.4, 0.5) is 4.79 Å². The maximum atomic E-state index is 12.2. The number of ether oxygens (including phenoxy) is 2. The molecule has 0 aliphatic heterocycles. The molecule has 7 nitrogen and oxygen atoms in total. The molecular weight excluding hydrogens is 320 g/mol. The molecule has 0 aliphatic rings. The number of amides is 3. The lowest BCUT2D eigenvalue weighted by Gasteiger charge is -2.14. The van der Waals surface area contributed by atoms with Crippen LogP contribution in [0.5, 0.6) is 5.75 Å². The van der Waals surface area contributed by atoms with Gasteiger partial charge >= 0.3 is 12.0 Å². The Morgan fingerprint density at radius 3 is 2.57 bits per heavy atom. The van der Waals surface area contributed by atoms with Gasteiger partial charge < -0.3 is 14.8 Å². The zero-order valence-corrected chi connectivity index (χ0v) is 14.3. The Bertz CT molecular complexity index is 591. The highest BCUT2D eigenvalue weighted by atomic mass is 32.2. The monoisotopic (exact) mass is 340 g/mol.